The number of aryl methyl sites for hydroxylation is 1. The molecule has 0 aliphatic carbocycles. The lowest BCUT2D eigenvalue weighted by atomic mass is 10.1. The molecule has 0 spiro atoms. The Hall–Kier alpha value is -2.58. The molecule has 0 fully saturated rings. The molecule has 1 aromatic heterocycles. The number of halogens is 4. The number of hydrogen-bond acceptors (Lipinski definition) is 3. The first-order valence-electron chi connectivity index (χ1n) is 5.68. The fraction of sp³-hybridized carbons (Fsp3) is 0.167. The molecule has 0 aliphatic rings. The first-order valence-corrected chi connectivity index (χ1v) is 5.68. The number of alkyl halides is 3. The van der Waals surface area contributed by atoms with Gasteiger partial charge in [0.2, 0.25) is 0 Å². The van der Waals surface area contributed by atoms with Crippen LogP contribution in [0.4, 0.5) is 29.1 Å². The monoisotopic (exact) mass is 302 g/mol. The van der Waals surface area contributed by atoms with Gasteiger partial charge in [0.05, 0.1) is 5.56 Å². The van der Waals surface area contributed by atoms with E-state index in [1.54, 1.807) is 0 Å². The lowest BCUT2D eigenvalue weighted by Gasteiger charge is -2.11. The number of benzene rings is 1. The lowest BCUT2D eigenvalue weighted by molar-refractivity contribution is -0.139. The summed E-state index contributed by atoms with van der Waals surface area (Å²) in [7, 11) is 0. The zero-order chi connectivity index (χ0) is 15.8. The number of anilines is 2. The van der Waals surface area contributed by atoms with Crippen molar-refractivity contribution in [3.05, 3.63) is 40.8 Å². The number of nitrogens with two attached hydrogens (primary N) is 1. The number of rotatable bonds is 2. The third-order valence-electron chi connectivity index (χ3n) is 2.73. The van der Waals surface area contributed by atoms with Crippen LogP contribution in [0.15, 0.2) is 18.2 Å². The van der Waals surface area contributed by atoms with Gasteiger partial charge in [-0.1, -0.05) is 0 Å². The zero-order valence-corrected chi connectivity index (χ0v) is 10.7. The van der Waals surface area contributed by atoms with E-state index in [-0.39, 0.29) is 17.1 Å². The molecule has 0 aliphatic heterocycles. The molecule has 2 aromatic rings. The average molecular weight is 302 g/mol. The maximum Gasteiger partial charge on any atom is 0.419 e. The van der Waals surface area contributed by atoms with Crippen LogP contribution < -0.4 is 11.1 Å². The van der Waals surface area contributed by atoms with Gasteiger partial charge in [0.15, 0.2) is 5.82 Å². The van der Waals surface area contributed by atoms with E-state index in [1.165, 1.54) is 6.92 Å². The third-order valence-corrected chi connectivity index (χ3v) is 2.73. The van der Waals surface area contributed by atoms with Crippen molar-refractivity contribution < 1.29 is 22.4 Å². The summed E-state index contributed by atoms with van der Waals surface area (Å²) in [5.74, 6) is -2.24. The van der Waals surface area contributed by atoms with E-state index in [1.807, 2.05) is 0 Å². The Morgan fingerprint density at radius 1 is 1.38 bits per heavy atom. The summed E-state index contributed by atoms with van der Waals surface area (Å²) < 4.78 is 50.9. The van der Waals surface area contributed by atoms with Gasteiger partial charge >= 0.3 is 6.18 Å². The number of hydrogen-bond donors (Lipinski definition) is 3. The number of nitrogens with one attached hydrogen (secondary N) is 2. The summed E-state index contributed by atoms with van der Waals surface area (Å²) in [5.41, 5.74) is 4.20. The Balaban J connectivity index is 2.31. The van der Waals surface area contributed by atoms with Crippen LogP contribution in [0.25, 0.3) is 0 Å². The van der Waals surface area contributed by atoms with E-state index in [0.29, 0.717) is 17.8 Å². The number of carbonyl (C=O) groups excluding carboxylic acids is 1. The van der Waals surface area contributed by atoms with Gasteiger partial charge in [-0.15, -0.1) is 0 Å². The van der Waals surface area contributed by atoms with E-state index in [4.69, 9.17) is 5.73 Å². The highest BCUT2D eigenvalue weighted by Gasteiger charge is 2.34. The van der Waals surface area contributed by atoms with E-state index >= 15 is 0 Å². The Kier molecular flexibility index (Phi) is 3.58. The molecule has 0 unspecified atom stereocenters. The number of carbonyl (C=O) groups is 1. The smallest absolute Gasteiger partial charge is 0.382 e. The minimum absolute atomic E-state index is 0.0212. The van der Waals surface area contributed by atoms with Crippen molar-refractivity contribution in [2.45, 2.75) is 13.1 Å². The molecule has 1 amide bonds. The average Bonchev–Trinajstić information content (AvgIpc) is 2.70. The Labute approximate surface area is 116 Å². The predicted molar refractivity (Wildman–Crippen MR) is 67.1 cm³/mol. The molecule has 112 valence electrons. The van der Waals surface area contributed by atoms with Gasteiger partial charge < -0.3 is 11.1 Å². The van der Waals surface area contributed by atoms with Gasteiger partial charge in [-0.05, 0) is 25.1 Å². The van der Waals surface area contributed by atoms with E-state index in [0.717, 1.165) is 6.07 Å². The molecule has 4 N–H and O–H groups in total. The molecule has 0 saturated heterocycles. The standard InChI is InChI=1S/C12H10F4N4O/c1-5-9(10(17)20-19-5)11(21)18-6-2-3-8(13)7(4-6)12(14,15)16/h2-4H,1H3,(H,18,21)(H3,17,19,20). The van der Waals surface area contributed by atoms with Crippen molar-refractivity contribution in [2.75, 3.05) is 11.1 Å². The minimum atomic E-state index is -4.85. The molecule has 1 aromatic carbocycles. The molecular weight excluding hydrogens is 292 g/mol. The van der Waals surface area contributed by atoms with Crippen molar-refractivity contribution in [2.24, 2.45) is 0 Å². The van der Waals surface area contributed by atoms with Crippen LogP contribution in [0, 0.1) is 12.7 Å². The number of amides is 1. The zero-order valence-electron chi connectivity index (χ0n) is 10.7. The van der Waals surface area contributed by atoms with Crippen molar-refractivity contribution in [1.29, 1.82) is 0 Å². The molecular formula is C12H10F4N4O. The second-order valence-corrected chi connectivity index (χ2v) is 4.26. The van der Waals surface area contributed by atoms with E-state index in [2.05, 4.69) is 15.5 Å². The van der Waals surface area contributed by atoms with Crippen molar-refractivity contribution in [1.82, 2.24) is 10.2 Å². The summed E-state index contributed by atoms with van der Waals surface area (Å²) in [6, 6.07) is 2.16. The van der Waals surface area contributed by atoms with Crippen LogP contribution in [-0.4, -0.2) is 16.1 Å². The predicted octanol–water partition coefficient (Wildman–Crippen LogP) is 2.71. The topological polar surface area (TPSA) is 83.8 Å². The SMILES string of the molecule is Cc1[nH]nc(N)c1C(=O)Nc1ccc(F)c(C(F)(F)F)c1. The van der Waals surface area contributed by atoms with Crippen LogP contribution in [0.5, 0.6) is 0 Å². The highest BCUT2D eigenvalue weighted by atomic mass is 19.4. The van der Waals surface area contributed by atoms with E-state index in [9.17, 15) is 22.4 Å². The molecule has 0 saturated carbocycles. The highest BCUT2D eigenvalue weighted by Crippen LogP contribution is 2.33. The number of nitrogen functional groups attached to an aromatic ring is 1. The third kappa shape index (κ3) is 2.96. The van der Waals surface area contributed by atoms with Crippen LogP contribution in [-0.2, 0) is 6.18 Å². The molecule has 0 radical (unpaired) electrons. The van der Waals surface area contributed by atoms with Crippen LogP contribution in [0.3, 0.4) is 0 Å². The van der Waals surface area contributed by atoms with Crippen molar-refractivity contribution in [3.63, 3.8) is 0 Å². The lowest BCUT2D eigenvalue weighted by Crippen LogP contribution is -2.15. The number of nitrogens with zero attached hydrogens (tertiary/aromatic N) is 1. The maximum atomic E-state index is 13.1. The largest absolute Gasteiger partial charge is 0.419 e. The maximum absolute atomic E-state index is 13.1. The van der Waals surface area contributed by atoms with Crippen LogP contribution >= 0.6 is 0 Å². The minimum Gasteiger partial charge on any atom is -0.382 e. The van der Waals surface area contributed by atoms with Gasteiger partial charge in [-0.3, -0.25) is 9.89 Å². The molecule has 2 rings (SSSR count). The van der Waals surface area contributed by atoms with Gasteiger partial charge in [0.1, 0.15) is 11.4 Å². The fourth-order valence-electron chi connectivity index (χ4n) is 1.75. The normalized spacial score (nSPS) is 11.5. The molecule has 5 nitrogen and oxygen atoms in total. The Bertz CT molecular complexity index is 674. The van der Waals surface area contributed by atoms with Crippen molar-refractivity contribution >= 4 is 17.4 Å². The molecule has 0 atom stereocenters. The summed E-state index contributed by atoms with van der Waals surface area (Å²) in [6.07, 6.45) is -4.85. The van der Waals surface area contributed by atoms with Crippen molar-refractivity contribution in [3.8, 4) is 0 Å². The second-order valence-electron chi connectivity index (χ2n) is 4.26. The second kappa shape index (κ2) is 5.08. The van der Waals surface area contributed by atoms with Crippen LogP contribution in [0.1, 0.15) is 21.6 Å². The first kappa shape index (κ1) is 14.8. The van der Waals surface area contributed by atoms with Gasteiger partial charge in [-0.25, -0.2) is 4.39 Å². The molecule has 21 heavy (non-hydrogen) atoms. The Morgan fingerprint density at radius 3 is 2.57 bits per heavy atom. The van der Waals surface area contributed by atoms with E-state index < -0.39 is 23.5 Å². The molecule has 9 heteroatoms. The number of H-pyrrole nitrogens is 1. The van der Waals surface area contributed by atoms with Gasteiger partial charge in [0, 0.05) is 11.4 Å². The summed E-state index contributed by atoms with van der Waals surface area (Å²) >= 11 is 0. The summed E-state index contributed by atoms with van der Waals surface area (Å²) in [5, 5.41) is 8.29. The highest BCUT2D eigenvalue weighted by molar-refractivity contribution is 6.08. The fourth-order valence-corrected chi connectivity index (χ4v) is 1.75. The molecule has 0 bridgehead atoms. The van der Waals surface area contributed by atoms with Gasteiger partial charge in [-0.2, -0.15) is 18.3 Å². The quantitative estimate of drug-likeness (QED) is 0.746. The van der Waals surface area contributed by atoms with Crippen LogP contribution in [0.2, 0.25) is 0 Å². The summed E-state index contributed by atoms with van der Waals surface area (Å²) in [4.78, 5) is 11.9. The molecule has 1 heterocycles. The van der Waals surface area contributed by atoms with Gasteiger partial charge in [0.25, 0.3) is 5.91 Å². The number of aromatic nitrogens is 2. The summed E-state index contributed by atoms with van der Waals surface area (Å²) in [6.45, 7) is 1.53. The first-order chi connectivity index (χ1) is 9.70. The Morgan fingerprint density at radius 2 is 2.05 bits per heavy atom. The number of aromatic amines is 1.